The maximum Gasteiger partial charge on any atom is 0.198 e. The van der Waals surface area contributed by atoms with Crippen LogP contribution in [-0.4, -0.2) is 12.6 Å². The second-order valence-electron chi connectivity index (χ2n) is 6.54. The summed E-state index contributed by atoms with van der Waals surface area (Å²) in [7, 11) is 0. The van der Waals surface area contributed by atoms with Gasteiger partial charge in [0.15, 0.2) is 12.6 Å². The molecular formula is C23H26O2. The first-order chi connectivity index (χ1) is 12.3. The zero-order valence-electron chi connectivity index (χ0n) is 14.7. The highest BCUT2D eigenvalue weighted by molar-refractivity contribution is 5.50. The van der Waals surface area contributed by atoms with Crippen LogP contribution in [-0.2, 0) is 9.59 Å². The lowest BCUT2D eigenvalue weighted by Gasteiger charge is -2.22. The van der Waals surface area contributed by atoms with Gasteiger partial charge in [0, 0.05) is 18.8 Å². The van der Waals surface area contributed by atoms with Gasteiger partial charge in [-0.25, -0.2) is 0 Å². The molecule has 130 valence electrons. The second kappa shape index (κ2) is 11.4. The van der Waals surface area contributed by atoms with E-state index >= 15 is 0 Å². The number of rotatable bonds is 12. The van der Waals surface area contributed by atoms with Crippen LogP contribution in [0.15, 0.2) is 60.7 Å². The summed E-state index contributed by atoms with van der Waals surface area (Å²) in [6.45, 7) is 0. The molecule has 2 rings (SSSR count). The quantitative estimate of drug-likeness (QED) is 0.488. The molecule has 0 amide bonds. The predicted molar refractivity (Wildman–Crippen MR) is 102 cm³/mol. The van der Waals surface area contributed by atoms with Crippen LogP contribution in [0.25, 0.3) is 0 Å². The Morgan fingerprint density at radius 3 is 1.72 bits per heavy atom. The van der Waals surface area contributed by atoms with Gasteiger partial charge < -0.3 is 0 Å². The minimum Gasteiger partial charge on any atom is -0.291 e. The van der Waals surface area contributed by atoms with Crippen LogP contribution in [0.1, 0.15) is 62.0 Å². The van der Waals surface area contributed by atoms with Crippen molar-refractivity contribution in [3.8, 4) is 0 Å². The highest BCUT2D eigenvalue weighted by atomic mass is 16.1. The lowest BCUT2D eigenvalue weighted by molar-refractivity contribution is 0.392. The van der Waals surface area contributed by atoms with Gasteiger partial charge in [-0.05, 0) is 49.1 Å². The number of hydrogen-bond donors (Lipinski definition) is 0. The number of hydrogen-bond acceptors (Lipinski definition) is 2. The van der Waals surface area contributed by atoms with Crippen molar-refractivity contribution in [1.29, 1.82) is 0 Å². The van der Waals surface area contributed by atoms with Crippen molar-refractivity contribution in [1.82, 2.24) is 0 Å². The summed E-state index contributed by atoms with van der Waals surface area (Å²) < 4.78 is 0. The largest absolute Gasteiger partial charge is 0.291 e. The molecule has 0 N–H and O–H groups in total. The van der Waals surface area contributed by atoms with Gasteiger partial charge in [-0.3, -0.25) is 9.59 Å². The van der Waals surface area contributed by atoms with Crippen LogP contribution in [0.4, 0.5) is 0 Å². The van der Waals surface area contributed by atoms with E-state index in [9.17, 15) is 9.59 Å². The molecule has 0 fully saturated rings. The molecule has 0 bridgehead atoms. The molecule has 2 nitrogen and oxygen atoms in total. The third-order valence-corrected chi connectivity index (χ3v) is 4.81. The number of carbonyl (C=O) groups excluding carboxylic acids is 2. The third-order valence-electron chi connectivity index (χ3n) is 4.81. The van der Waals surface area contributed by atoms with E-state index < -0.39 is 0 Å². The van der Waals surface area contributed by atoms with Gasteiger partial charge in [0.25, 0.3) is 0 Å². The molecule has 0 saturated carbocycles. The standard InChI is InChI=1S/C23H26O2/c24-18-8-7-10-20(11-9-19-25)16-17-23(21-12-3-1-4-13-21)22-14-5-2-6-15-22/h1-6,12-15,20,23H,7-11,16-17H2. The molecule has 2 aromatic carbocycles. The Hall–Kier alpha value is -2.22. The van der Waals surface area contributed by atoms with Crippen molar-refractivity contribution in [3.05, 3.63) is 71.8 Å². The first kappa shape index (κ1) is 19.1. The van der Waals surface area contributed by atoms with Gasteiger partial charge in [-0.1, -0.05) is 60.7 Å². The predicted octanol–water partition coefficient (Wildman–Crippen LogP) is 5.38. The third kappa shape index (κ3) is 6.66. The van der Waals surface area contributed by atoms with E-state index in [1.54, 1.807) is 0 Å². The van der Waals surface area contributed by atoms with Gasteiger partial charge in [-0.15, -0.1) is 0 Å². The molecule has 0 saturated heterocycles. The molecule has 0 aromatic heterocycles. The highest BCUT2D eigenvalue weighted by Gasteiger charge is 2.17. The van der Waals surface area contributed by atoms with Crippen LogP contribution >= 0.6 is 0 Å². The fourth-order valence-corrected chi connectivity index (χ4v) is 3.46. The molecule has 2 heteroatoms. The smallest absolute Gasteiger partial charge is 0.198 e. The summed E-state index contributed by atoms with van der Waals surface area (Å²) in [6, 6.07) is 21.2. The van der Waals surface area contributed by atoms with Crippen LogP contribution in [0, 0.1) is 5.92 Å². The zero-order valence-corrected chi connectivity index (χ0v) is 14.7. The molecule has 0 heterocycles. The van der Waals surface area contributed by atoms with E-state index in [4.69, 9.17) is 0 Å². The summed E-state index contributed by atoms with van der Waals surface area (Å²) in [4.78, 5) is 21.1. The van der Waals surface area contributed by atoms with Gasteiger partial charge in [0.1, 0.15) is 0 Å². The van der Waals surface area contributed by atoms with E-state index in [0.717, 1.165) is 32.1 Å². The van der Waals surface area contributed by atoms with Gasteiger partial charge in [0.2, 0.25) is 0 Å². The fraction of sp³-hybridized carbons (Fsp3) is 0.391. The summed E-state index contributed by atoms with van der Waals surface area (Å²) in [5.74, 6) is 0.826. The summed E-state index contributed by atoms with van der Waals surface area (Å²) in [6.07, 6.45) is 9.74. The van der Waals surface area contributed by atoms with Crippen molar-refractivity contribution >= 4 is 12.6 Å². The Bertz CT molecular complexity index is 567. The molecule has 1 unspecified atom stereocenters. The molecule has 0 aliphatic rings. The molecule has 1 atom stereocenters. The number of benzene rings is 2. The Kier molecular flexibility index (Phi) is 8.68. The lowest BCUT2D eigenvalue weighted by atomic mass is 9.83. The normalized spacial score (nSPS) is 12.0. The van der Waals surface area contributed by atoms with Crippen molar-refractivity contribution in [2.75, 3.05) is 0 Å². The van der Waals surface area contributed by atoms with E-state index in [2.05, 4.69) is 48.5 Å². The zero-order chi connectivity index (χ0) is 17.7. The van der Waals surface area contributed by atoms with Crippen LogP contribution in [0.2, 0.25) is 0 Å². The molecule has 25 heavy (non-hydrogen) atoms. The summed E-state index contributed by atoms with van der Waals surface area (Å²) in [5, 5.41) is 0. The first-order valence-corrected chi connectivity index (χ1v) is 9.15. The monoisotopic (exact) mass is 334 g/mol. The molecule has 2 radical (unpaired) electrons. The highest BCUT2D eigenvalue weighted by Crippen LogP contribution is 2.32. The number of unbranched alkanes of at least 4 members (excludes halogenated alkanes) is 1. The van der Waals surface area contributed by atoms with Gasteiger partial charge in [-0.2, -0.15) is 0 Å². The van der Waals surface area contributed by atoms with E-state index in [1.807, 2.05) is 24.7 Å². The lowest BCUT2D eigenvalue weighted by Crippen LogP contribution is -2.07. The van der Waals surface area contributed by atoms with Gasteiger partial charge in [0.05, 0.1) is 0 Å². The second-order valence-corrected chi connectivity index (χ2v) is 6.54. The maximum absolute atomic E-state index is 10.6. The average molecular weight is 334 g/mol. The van der Waals surface area contributed by atoms with Crippen LogP contribution in [0.3, 0.4) is 0 Å². The minimum absolute atomic E-state index is 0.364. The average Bonchev–Trinajstić information content (AvgIpc) is 2.67. The van der Waals surface area contributed by atoms with Crippen LogP contribution in [0.5, 0.6) is 0 Å². The van der Waals surface area contributed by atoms with Crippen molar-refractivity contribution in [2.45, 2.75) is 50.9 Å². The van der Waals surface area contributed by atoms with Crippen molar-refractivity contribution < 1.29 is 9.59 Å². The summed E-state index contributed by atoms with van der Waals surface area (Å²) >= 11 is 0. The molecule has 2 aromatic rings. The van der Waals surface area contributed by atoms with Crippen molar-refractivity contribution in [3.63, 3.8) is 0 Å². The fourth-order valence-electron chi connectivity index (χ4n) is 3.46. The molecule has 0 aliphatic heterocycles. The maximum atomic E-state index is 10.6. The van der Waals surface area contributed by atoms with E-state index in [1.165, 1.54) is 11.1 Å². The van der Waals surface area contributed by atoms with E-state index in [0.29, 0.717) is 24.7 Å². The van der Waals surface area contributed by atoms with E-state index in [-0.39, 0.29) is 0 Å². The Morgan fingerprint density at radius 2 is 1.20 bits per heavy atom. The van der Waals surface area contributed by atoms with Crippen molar-refractivity contribution in [2.24, 2.45) is 5.92 Å². The summed E-state index contributed by atoms with van der Waals surface area (Å²) in [5.41, 5.74) is 2.66. The molecular weight excluding hydrogens is 308 g/mol. The topological polar surface area (TPSA) is 34.1 Å². The van der Waals surface area contributed by atoms with Crippen LogP contribution < -0.4 is 0 Å². The minimum atomic E-state index is 0.364. The Morgan fingerprint density at radius 1 is 0.640 bits per heavy atom. The SMILES string of the molecule is O=[C]CCCC(CC[C]=O)CCC(c1ccccc1)c1ccccc1. The Labute approximate surface area is 151 Å². The molecule has 0 aliphatic carbocycles. The molecule has 0 spiro atoms. The van der Waals surface area contributed by atoms with Gasteiger partial charge >= 0.3 is 0 Å². The first-order valence-electron chi connectivity index (χ1n) is 9.15. The Balaban J connectivity index is 2.06.